The number of aryl methyl sites for hydroxylation is 1. The molecule has 0 saturated carbocycles. The van der Waals surface area contributed by atoms with E-state index in [2.05, 4.69) is 16.7 Å². The lowest BCUT2D eigenvalue weighted by atomic mass is 9.96. The zero-order valence-corrected chi connectivity index (χ0v) is 22.8. The molecule has 2 N–H and O–H groups in total. The van der Waals surface area contributed by atoms with Gasteiger partial charge in [0.2, 0.25) is 5.91 Å². The predicted octanol–water partition coefficient (Wildman–Crippen LogP) is 7.88. The number of nitrogens with one attached hydrogen (secondary N) is 2. The van der Waals surface area contributed by atoms with Crippen LogP contribution in [0.25, 0.3) is 0 Å². The van der Waals surface area contributed by atoms with Crippen molar-refractivity contribution in [2.24, 2.45) is 0 Å². The van der Waals surface area contributed by atoms with E-state index >= 15 is 0 Å². The van der Waals surface area contributed by atoms with Crippen LogP contribution in [0.4, 0.5) is 10.7 Å². The van der Waals surface area contributed by atoms with E-state index in [1.54, 1.807) is 30.3 Å². The number of halogens is 1. The van der Waals surface area contributed by atoms with Crippen molar-refractivity contribution < 1.29 is 9.59 Å². The minimum atomic E-state index is -0.555. The number of amides is 2. The van der Waals surface area contributed by atoms with Crippen molar-refractivity contribution in [2.45, 2.75) is 35.8 Å². The zero-order chi connectivity index (χ0) is 26.5. The van der Waals surface area contributed by atoms with E-state index in [0.29, 0.717) is 26.8 Å². The molecule has 0 aliphatic heterocycles. The number of fused-ring (bicyclic) bond motifs is 1. The zero-order valence-electron chi connectivity index (χ0n) is 20.4. The van der Waals surface area contributed by atoms with Crippen LogP contribution >= 0.6 is 34.7 Å². The van der Waals surface area contributed by atoms with Crippen LogP contribution in [0.3, 0.4) is 0 Å². The van der Waals surface area contributed by atoms with Crippen LogP contribution in [0.5, 0.6) is 0 Å². The summed E-state index contributed by atoms with van der Waals surface area (Å²) in [6.45, 7) is 0. The van der Waals surface area contributed by atoms with Crippen molar-refractivity contribution in [2.75, 3.05) is 10.6 Å². The lowest BCUT2D eigenvalue weighted by Gasteiger charge is -2.17. The third-order valence-corrected chi connectivity index (χ3v) is 8.98. The van der Waals surface area contributed by atoms with Crippen LogP contribution in [0.2, 0.25) is 5.02 Å². The monoisotopic (exact) mass is 557 g/mol. The van der Waals surface area contributed by atoms with Gasteiger partial charge in [-0.25, -0.2) is 0 Å². The highest BCUT2D eigenvalue weighted by Gasteiger charge is 2.26. The third kappa shape index (κ3) is 5.94. The van der Waals surface area contributed by atoms with Gasteiger partial charge >= 0.3 is 0 Å². The van der Waals surface area contributed by atoms with E-state index in [4.69, 9.17) is 11.6 Å². The largest absolute Gasteiger partial charge is 0.322 e. The second-order valence-corrected chi connectivity index (χ2v) is 11.6. The topological polar surface area (TPSA) is 82.0 Å². The fourth-order valence-electron chi connectivity index (χ4n) is 4.47. The smallest absolute Gasteiger partial charge is 0.255 e. The maximum atomic E-state index is 13.7. The molecule has 0 saturated heterocycles. The lowest BCUT2D eigenvalue weighted by Crippen LogP contribution is -2.19. The third-order valence-electron chi connectivity index (χ3n) is 6.29. The molecule has 1 unspecified atom stereocenters. The fraction of sp³-hybridized carbons (Fsp3) is 0.167. The molecule has 5 rings (SSSR count). The van der Waals surface area contributed by atoms with Gasteiger partial charge in [0.15, 0.2) is 0 Å². The Morgan fingerprint density at radius 1 is 0.947 bits per heavy atom. The molecule has 0 bridgehead atoms. The van der Waals surface area contributed by atoms with Crippen molar-refractivity contribution in [3.8, 4) is 6.07 Å². The molecule has 1 aliphatic carbocycles. The summed E-state index contributed by atoms with van der Waals surface area (Å²) >= 11 is 8.95. The molecule has 0 radical (unpaired) electrons. The number of thiophene rings is 1. The van der Waals surface area contributed by atoms with Gasteiger partial charge in [0, 0.05) is 26.0 Å². The van der Waals surface area contributed by atoms with Crippen LogP contribution in [0.1, 0.15) is 50.0 Å². The summed E-state index contributed by atoms with van der Waals surface area (Å²) in [4.78, 5) is 28.4. The van der Waals surface area contributed by atoms with Crippen LogP contribution in [0, 0.1) is 11.3 Å². The van der Waals surface area contributed by atoms with Gasteiger partial charge in [-0.3, -0.25) is 9.59 Å². The summed E-state index contributed by atoms with van der Waals surface area (Å²) in [5.41, 5.74) is 3.61. The number of nitriles is 1. The Morgan fingerprint density at radius 3 is 2.53 bits per heavy atom. The SMILES string of the molecule is N#Cc1c(NC(=O)C(Sc2cccc(NC(=O)c3cccc(Cl)c3)c2)c2ccccc2)sc2c1CCCC2. The van der Waals surface area contributed by atoms with Crippen molar-refractivity contribution in [3.05, 3.63) is 111 Å². The van der Waals surface area contributed by atoms with Crippen molar-refractivity contribution in [1.82, 2.24) is 0 Å². The standard InChI is InChI=1S/C30H24ClN3O2S2/c31-21-11-6-10-20(16-21)28(35)33-22-12-7-13-23(17-22)37-27(19-8-2-1-3-9-19)29(36)34-30-25(18-32)24-14-4-5-15-26(24)38-30/h1-3,6-13,16-17,27H,4-5,14-15H2,(H,33,35)(H,34,36). The maximum absolute atomic E-state index is 13.7. The summed E-state index contributed by atoms with van der Waals surface area (Å²) in [6.07, 6.45) is 4.02. The van der Waals surface area contributed by atoms with Crippen LogP contribution in [-0.4, -0.2) is 11.8 Å². The minimum absolute atomic E-state index is 0.190. The molecule has 0 fully saturated rings. The van der Waals surface area contributed by atoms with E-state index < -0.39 is 5.25 Å². The van der Waals surface area contributed by atoms with Gasteiger partial charge in [-0.05, 0) is 73.2 Å². The number of hydrogen-bond acceptors (Lipinski definition) is 5. The highest BCUT2D eigenvalue weighted by molar-refractivity contribution is 8.00. The van der Waals surface area contributed by atoms with Crippen LogP contribution in [-0.2, 0) is 17.6 Å². The van der Waals surface area contributed by atoms with E-state index in [-0.39, 0.29) is 11.8 Å². The maximum Gasteiger partial charge on any atom is 0.255 e. The van der Waals surface area contributed by atoms with Crippen molar-refractivity contribution in [1.29, 1.82) is 5.26 Å². The van der Waals surface area contributed by atoms with Crippen LogP contribution in [0.15, 0.2) is 83.8 Å². The molecule has 0 spiro atoms. The molecule has 5 nitrogen and oxygen atoms in total. The van der Waals surface area contributed by atoms with Crippen molar-refractivity contribution >= 4 is 57.2 Å². The second-order valence-electron chi connectivity index (χ2n) is 8.92. The van der Waals surface area contributed by atoms with Gasteiger partial charge in [-0.15, -0.1) is 23.1 Å². The molecular formula is C30H24ClN3O2S2. The number of benzene rings is 3. The summed E-state index contributed by atoms with van der Waals surface area (Å²) in [5, 5.41) is 16.4. The van der Waals surface area contributed by atoms with E-state index in [1.165, 1.54) is 28.0 Å². The predicted molar refractivity (Wildman–Crippen MR) is 155 cm³/mol. The molecular weight excluding hydrogens is 534 g/mol. The average molecular weight is 558 g/mol. The number of hydrogen-bond donors (Lipinski definition) is 2. The second kappa shape index (κ2) is 11.9. The van der Waals surface area contributed by atoms with Gasteiger partial charge in [0.1, 0.15) is 16.3 Å². The van der Waals surface area contributed by atoms with Gasteiger partial charge < -0.3 is 10.6 Å². The minimum Gasteiger partial charge on any atom is -0.322 e. The summed E-state index contributed by atoms with van der Waals surface area (Å²) < 4.78 is 0. The Bertz CT molecular complexity index is 1530. The number of carbonyl (C=O) groups excluding carboxylic acids is 2. The summed E-state index contributed by atoms with van der Waals surface area (Å²) in [5.74, 6) is -0.456. The number of carbonyl (C=O) groups is 2. The van der Waals surface area contributed by atoms with Crippen LogP contribution < -0.4 is 10.6 Å². The molecule has 1 aromatic heterocycles. The highest BCUT2D eigenvalue weighted by atomic mass is 35.5. The molecule has 1 atom stereocenters. The Labute approximate surface area is 234 Å². The van der Waals surface area contributed by atoms with E-state index in [0.717, 1.165) is 41.7 Å². The van der Waals surface area contributed by atoms with E-state index in [1.807, 2.05) is 48.5 Å². The quantitative estimate of drug-likeness (QED) is 0.226. The highest BCUT2D eigenvalue weighted by Crippen LogP contribution is 2.41. The first-order valence-corrected chi connectivity index (χ1v) is 14.3. The molecule has 190 valence electrons. The Kier molecular flexibility index (Phi) is 8.14. The first kappa shape index (κ1) is 26.1. The number of nitrogens with zero attached hydrogens (tertiary/aromatic N) is 1. The Morgan fingerprint density at radius 2 is 1.74 bits per heavy atom. The molecule has 8 heteroatoms. The molecule has 4 aromatic rings. The number of anilines is 2. The Balaban J connectivity index is 1.38. The molecule has 1 heterocycles. The lowest BCUT2D eigenvalue weighted by molar-refractivity contribution is -0.115. The van der Waals surface area contributed by atoms with Gasteiger partial charge in [-0.1, -0.05) is 54.1 Å². The average Bonchev–Trinajstić information content (AvgIpc) is 3.29. The normalized spacial score (nSPS) is 13.2. The summed E-state index contributed by atoms with van der Waals surface area (Å²) in [6, 6.07) is 26.1. The molecule has 3 aromatic carbocycles. The Hall–Kier alpha value is -3.57. The first-order chi connectivity index (χ1) is 18.5. The van der Waals surface area contributed by atoms with Crippen molar-refractivity contribution in [3.63, 3.8) is 0 Å². The molecule has 2 amide bonds. The molecule has 1 aliphatic rings. The first-order valence-electron chi connectivity index (χ1n) is 12.3. The number of thioether (sulfide) groups is 1. The number of rotatable bonds is 7. The van der Waals surface area contributed by atoms with Gasteiger partial charge in [-0.2, -0.15) is 5.26 Å². The molecule has 38 heavy (non-hydrogen) atoms. The fourth-order valence-corrected chi connectivity index (χ4v) is 6.98. The van der Waals surface area contributed by atoms with Gasteiger partial charge in [0.05, 0.1) is 5.56 Å². The van der Waals surface area contributed by atoms with E-state index in [9.17, 15) is 14.9 Å². The summed E-state index contributed by atoms with van der Waals surface area (Å²) in [7, 11) is 0. The van der Waals surface area contributed by atoms with Gasteiger partial charge in [0.25, 0.3) is 5.91 Å².